The van der Waals surface area contributed by atoms with Gasteiger partial charge in [0, 0.05) is 12.7 Å². The minimum atomic E-state index is -0.985. The fraction of sp³-hybridized carbons (Fsp3) is 0.429. The van der Waals surface area contributed by atoms with Crippen LogP contribution in [0.3, 0.4) is 0 Å². The average molecular weight is 265 g/mol. The van der Waals surface area contributed by atoms with Gasteiger partial charge in [0.2, 0.25) is 5.91 Å². The minimum Gasteiger partial charge on any atom is -0.497 e. The lowest BCUT2D eigenvalue weighted by atomic mass is 9.87. The first kappa shape index (κ1) is 15.0. The third-order valence-corrected chi connectivity index (χ3v) is 2.94. The van der Waals surface area contributed by atoms with E-state index in [-0.39, 0.29) is 12.3 Å². The highest BCUT2D eigenvalue weighted by molar-refractivity contribution is 5.98. The Bertz CT molecular complexity index is 465. The molecular formula is C14H19NO4. The number of hydrogen-bond donors (Lipinski definition) is 1. The Hall–Kier alpha value is -2.04. The second kappa shape index (κ2) is 5.73. The molecule has 0 bridgehead atoms. The van der Waals surface area contributed by atoms with Crippen LogP contribution in [-0.2, 0) is 9.59 Å². The minimum absolute atomic E-state index is 0.202. The van der Waals surface area contributed by atoms with Crippen molar-refractivity contribution < 1.29 is 19.4 Å². The van der Waals surface area contributed by atoms with E-state index < -0.39 is 11.4 Å². The molecule has 5 nitrogen and oxygen atoms in total. The largest absolute Gasteiger partial charge is 0.497 e. The van der Waals surface area contributed by atoms with Gasteiger partial charge in [-0.2, -0.15) is 0 Å². The first-order valence-electron chi connectivity index (χ1n) is 5.92. The van der Waals surface area contributed by atoms with Crippen molar-refractivity contribution >= 4 is 17.6 Å². The fourth-order valence-electron chi connectivity index (χ4n) is 1.83. The maximum absolute atomic E-state index is 12.3. The van der Waals surface area contributed by atoms with E-state index in [1.807, 2.05) is 0 Å². The van der Waals surface area contributed by atoms with E-state index in [1.165, 1.54) is 4.90 Å². The van der Waals surface area contributed by atoms with Crippen molar-refractivity contribution in [3.05, 3.63) is 24.3 Å². The molecule has 19 heavy (non-hydrogen) atoms. The Balaban J connectivity index is 2.89. The summed E-state index contributed by atoms with van der Waals surface area (Å²) in [5.74, 6) is -0.518. The summed E-state index contributed by atoms with van der Waals surface area (Å²) in [7, 11) is 3.20. The van der Waals surface area contributed by atoms with Crippen molar-refractivity contribution in [2.45, 2.75) is 20.3 Å². The quantitative estimate of drug-likeness (QED) is 0.886. The monoisotopic (exact) mass is 265 g/mol. The molecule has 1 rings (SSSR count). The molecule has 0 aromatic heterocycles. The number of methoxy groups -OCH3 is 1. The van der Waals surface area contributed by atoms with Crippen LogP contribution in [0.15, 0.2) is 24.3 Å². The number of ether oxygens (including phenoxy) is 1. The maximum Gasteiger partial charge on any atom is 0.304 e. The Morgan fingerprint density at radius 1 is 1.26 bits per heavy atom. The van der Waals surface area contributed by atoms with Gasteiger partial charge < -0.3 is 14.7 Å². The number of carboxylic acids is 1. The molecule has 0 atom stereocenters. The second-order valence-corrected chi connectivity index (χ2v) is 5.02. The summed E-state index contributed by atoms with van der Waals surface area (Å²) in [6.07, 6.45) is -0.202. The number of carbonyl (C=O) groups excluding carboxylic acids is 1. The van der Waals surface area contributed by atoms with Crippen LogP contribution in [0.2, 0.25) is 0 Å². The molecule has 1 aromatic rings. The van der Waals surface area contributed by atoms with Gasteiger partial charge >= 0.3 is 5.97 Å². The number of anilines is 1. The van der Waals surface area contributed by atoms with Crippen molar-refractivity contribution in [1.82, 2.24) is 0 Å². The van der Waals surface area contributed by atoms with Crippen molar-refractivity contribution in [1.29, 1.82) is 0 Å². The molecule has 5 heteroatoms. The predicted octanol–water partition coefficient (Wildman–Crippen LogP) is 2.16. The third-order valence-electron chi connectivity index (χ3n) is 2.94. The van der Waals surface area contributed by atoms with Crippen molar-refractivity contribution in [3.8, 4) is 5.75 Å². The molecule has 0 fully saturated rings. The molecule has 104 valence electrons. The van der Waals surface area contributed by atoms with Crippen LogP contribution in [0, 0.1) is 5.41 Å². The van der Waals surface area contributed by atoms with Crippen LogP contribution in [0.4, 0.5) is 5.69 Å². The second-order valence-electron chi connectivity index (χ2n) is 5.02. The molecule has 0 radical (unpaired) electrons. The van der Waals surface area contributed by atoms with Gasteiger partial charge in [0.25, 0.3) is 0 Å². The average Bonchev–Trinajstić information content (AvgIpc) is 2.35. The van der Waals surface area contributed by atoms with Crippen LogP contribution in [0.1, 0.15) is 20.3 Å². The Morgan fingerprint density at radius 3 is 2.21 bits per heavy atom. The number of nitrogens with zero attached hydrogens (tertiary/aromatic N) is 1. The van der Waals surface area contributed by atoms with E-state index in [1.54, 1.807) is 52.3 Å². The molecule has 0 aliphatic carbocycles. The normalized spacial score (nSPS) is 10.9. The van der Waals surface area contributed by atoms with E-state index in [0.29, 0.717) is 11.4 Å². The fourth-order valence-corrected chi connectivity index (χ4v) is 1.83. The lowest BCUT2D eigenvalue weighted by Crippen LogP contribution is -2.39. The van der Waals surface area contributed by atoms with Gasteiger partial charge in [0.15, 0.2) is 0 Å². The zero-order chi connectivity index (χ0) is 14.6. The first-order valence-corrected chi connectivity index (χ1v) is 5.92. The topological polar surface area (TPSA) is 66.8 Å². The molecular weight excluding hydrogens is 246 g/mol. The SMILES string of the molecule is COc1ccc(N(C)C(=O)C(C)(C)CC(=O)O)cc1. The van der Waals surface area contributed by atoms with E-state index in [2.05, 4.69) is 0 Å². The first-order chi connectivity index (χ1) is 8.77. The van der Waals surface area contributed by atoms with Crippen molar-refractivity contribution in [2.24, 2.45) is 5.41 Å². The molecule has 1 N–H and O–H groups in total. The lowest BCUT2D eigenvalue weighted by Gasteiger charge is -2.28. The predicted molar refractivity (Wildman–Crippen MR) is 72.4 cm³/mol. The van der Waals surface area contributed by atoms with E-state index in [9.17, 15) is 9.59 Å². The van der Waals surface area contributed by atoms with Crippen molar-refractivity contribution in [2.75, 3.05) is 19.1 Å². The van der Waals surface area contributed by atoms with Crippen LogP contribution in [0.25, 0.3) is 0 Å². The van der Waals surface area contributed by atoms with Gasteiger partial charge in [-0.3, -0.25) is 9.59 Å². The van der Waals surface area contributed by atoms with Gasteiger partial charge in [0.1, 0.15) is 5.75 Å². The molecule has 0 saturated carbocycles. The highest BCUT2D eigenvalue weighted by atomic mass is 16.5. The Morgan fingerprint density at radius 2 is 1.79 bits per heavy atom. The molecule has 0 heterocycles. The molecule has 1 amide bonds. The number of carbonyl (C=O) groups is 2. The van der Waals surface area contributed by atoms with Gasteiger partial charge in [-0.25, -0.2) is 0 Å². The number of hydrogen-bond acceptors (Lipinski definition) is 3. The number of amides is 1. The van der Waals surface area contributed by atoms with Crippen molar-refractivity contribution in [3.63, 3.8) is 0 Å². The van der Waals surface area contributed by atoms with Gasteiger partial charge in [0.05, 0.1) is 18.9 Å². The van der Waals surface area contributed by atoms with Crippen LogP contribution >= 0.6 is 0 Å². The lowest BCUT2D eigenvalue weighted by molar-refractivity contribution is -0.143. The summed E-state index contributed by atoms with van der Waals surface area (Å²) in [5.41, 5.74) is -0.246. The summed E-state index contributed by atoms with van der Waals surface area (Å²) >= 11 is 0. The molecule has 1 aromatic carbocycles. The van der Waals surface area contributed by atoms with E-state index in [4.69, 9.17) is 9.84 Å². The molecule has 0 aliphatic heterocycles. The van der Waals surface area contributed by atoms with Crippen LogP contribution in [-0.4, -0.2) is 31.1 Å². The Kier molecular flexibility index (Phi) is 4.53. The maximum atomic E-state index is 12.3. The summed E-state index contributed by atoms with van der Waals surface area (Å²) < 4.78 is 5.05. The molecule has 0 unspecified atom stereocenters. The number of carboxylic acid groups (broad SMARTS) is 1. The molecule has 0 aliphatic rings. The number of rotatable bonds is 5. The molecule has 0 saturated heterocycles. The zero-order valence-electron chi connectivity index (χ0n) is 11.6. The standard InChI is InChI=1S/C14H19NO4/c1-14(2,9-12(16)17)13(18)15(3)10-5-7-11(19-4)8-6-10/h5-8H,9H2,1-4H3,(H,16,17). The number of benzene rings is 1. The van der Waals surface area contributed by atoms with Gasteiger partial charge in [-0.15, -0.1) is 0 Å². The zero-order valence-corrected chi connectivity index (χ0v) is 11.6. The summed E-state index contributed by atoms with van der Waals surface area (Å²) in [6, 6.07) is 7.02. The van der Waals surface area contributed by atoms with Crippen LogP contribution < -0.4 is 9.64 Å². The van der Waals surface area contributed by atoms with Gasteiger partial charge in [-0.05, 0) is 24.3 Å². The van der Waals surface area contributed by atoms with Gasteiger partial charge in [-0.1, -0.05) is 13.8 Å². The van der Waals surface area contributed by atoms with E-state index >= 15 is 0 Å². The summed E-state index contributed by atoms with van der Waals surface area (Å²) in [4.78, 5) is 24.5. The van der Waals surface area contributed by atoms with Crippen LogP contribution in [0.5, 0.6) is 5.75 Å². The van der Waals surface area contributed by atoms with E-state index in [0.717, 1.165) is 0 Å². The highest BCUT2D eigenvalue weighted by Gasteiger charge is 2.33. The number of aliphatic carboxylic acids is 1. The molecule has 0 spiro atoms. The summed E-state index contributed by atoms with van der Waals surface area (Å²) in [6.45, 7) is 3.26. The summed E-state index contributed by atoms with van der Waals surface area (Å²) in [5, 5.41) is 8.83. The third kappa shape index (κ3) is 3.71. The Labute approximate surface area is 112 Å². The smallest absolute Gasteiger partial charge is 0.304 e. The highest BCUT2D eigenvalue weighted by Crippen LogP contribution is 2.27.